The Balaban J connectivity index is 2.09. The van der Waals surface area contributed by atoms with Crippen molar-refractivity contribution >= 4 is 28.5 Å². The molecule has 0 saturated carbocycles. The summed E-state index contributed by atoms with van der Waals surface area (Å²) < 4.78 is 13.2. The predicted molar refractivity (Wildman–Crippen MR) is 103 cm³/mol. The van der Waals surface area contributed by atoms with Crippen LogP contribution in [0.15, 0.2) is 59.8 Å². The summed E-state index contributed by atoms with van der Waals surface area (Å²) in [5.41, 5.74) is 1.92. The lowest BCUT2D eigenvalue weighted by Crippen LogP contribution is -2.27. The first-order valence-corrected chi connectivity index (χ1v) is 9.16. The summed E-state index contributed by atoms with van der Waals surface area (Å²) in [6.07, 6.45) is 3.43. The summed E-state index contributed by atoms with van der Waals surface area (Å²) in [5, 5.41) is 10.9. The summed E-state index contributed by atoms with van der Waals surface area (Å²) in [6, 6.07) is 12.5. The number of pyridine rings is 1. The van der Waals surface area contributed by atoms with Gasteiger partial charge in [-0.15, -0.1) is 11.8 Å². The Bertz CT molecular complexity index is 971. The van der Waals surface area contributed by atoms with Gasteiger partial charge in [0.25, 0.3) is 0 Å². The van der Waals surface area contributed by atoms with Crippen LogP contribution in [-0.2, 0) is 4.79 Å². The molecule has 0 aliphatic heterocycles. The molecule has 3 nitrogen and oxygen atoms in total. The van der Waals surface area contributed by atoms with Gasteiger partial charge in [0.15, 0.2) is 0 Å². The van der Waals surface area contributed by atoms with Crippen molar-refractivity contribution in [3.8, 4) is 0 Å². The zero-order valence-corrected chi connectivity index (χ0v) is 15.7. The molecule has 0 amide bonds. The van der Waals surface area contributed by atoms with Gasteiger partial charge in [0.1, 0.15) is 10.6 Å². The van der Waals surface area contributed by atoms with Gasteiger partial charge in [0.05, 0.1) is 0 Å². The van der Waals surface area contributed by atoms with Gasteiger partial charge in [0.2, 0.25) is 0 Å². The lowest BCUT2D eigenvalue weighted by Gasteiger charge is -2.23. The quantitative estimate of drug-likeness (QED) is 0.605. The zero-order chi connectivity index (χ0) is 18.9. The Kier molecular flexibility index (Phi) is 5.01. The molecule has 0 radical (unpaired) electrons. The van der Waals surface area contributed by atoms with Crippen LogP contribution in [0.4, 0.5) is 4.39 Å². The van der Waals surface area contributed by atoms with Gasteiger partial charge in [-0.25, -0.2) is 4.39 Å². The highest BCUT2D eigenvalue weighted by molar-refractivity contribution is 8.01. The second-order valence-corrected chi connectivity index (χ2v) is 8.40. The summed E-state index contributed by atoms with van der Waals surface area (Å²) in [5.74, 6) is -1.17. The van der Waals surface area contributed by atoms with Crippen molar-refractivity contribution in [3.05, 3.63) is 71.8 Å². The Morgan fingerprint density at radius 2 is 1.81 bits per heavy atom. The Morgan fingerprint density at radius 1 is 1.12 bits per heavy atom. The maximum Gasteiger partial charge on any atom is 0.319 e. The maximum absolute atomic E-state index is 14.1. The van der Waals surface area contributed by atoms with Gasteiger partial charge in [-0.05, 0) is 42.5 Å². The average Bonchev–Trinajstić information content (AvgIpc) is 2.62. The molecule has 2 aromatic carbocycles. The SMILES string of the molecule is CC(c1cnccc1SC(C)(C)C(=O)O)c1ccc(F)c2ccccc12. The molecule has 3 aromatic rings. The second-order valence-electron chi connectivity index (χ2n) is 6.73. The van der Waals surface area contributed by atoms with Crippen molar-refractivity contribution in [2.45, 2.75) is 36.3 Å². The highest BCUT2D eigenvalue weighted by atomic mass is 32.2. The number of hydrogen-bond donors (Lipinski definition) is 1. The van der Waals surface area contributed by atoms with E-state index in [1.165, 1.54) is 17.8 Å². The third-order valence-corrected chi connectivity index (χ3v) is 5.80. The van der Waals surface area contributed by atoms with E-state index in [4.69, 9.17) is 0 Å². The molecule has 1 heterocycles. The van der Waals surface area contributed by atoms with E-state index >= 15 is 0 Å². The number of rotatable bonds is 5. The molecule has 3 rings (SSSR count). The summed E-state index contributed by atoms with van der Waals surface area (Å²) in [6.45, 7) is 5.40. The molecule has 5 heteroatoms. The molecule has 0 saturated heterocycles. The lowest BCUT2D eigenvalue weighted by molar-refractivity contribution is -0.138. The molecule has 0 spiro atoms. The number of carbonyl (C=O) groups is 1. The number of halogens is 1. The monoisotopic (exact) mass is 369 g/mol. The molecule has 26 heavy (non-hydrogen) atoms. The van der Waals surface area contributed by atoms with Crippen molar-refractivity contribution in [1.82, 2.24) is 4.98 Å². The van der Waals surface area contributed by atoms with E-state index in [9.17, 15) is 14.3 Å². The van der Waals surface area contributed by atoms with Crippen molar-refractivity contribution in [1.29, 1.82) is 0 Å². The lowest BCUT2D eigenvalue weighted by atomic mass is 9.90. The van der Waals surface area contributed by atoms with Crippen LogP contribution in [0.2, 0.25) is 0 Å². The van der Waals surface area contributed by atoms with Gasteiger partial charge in [-0.3, -0.25) is 9.78 Å². The van der Waals surface area contributed by atoms with E-state index < -0.39 is 10.7 Å². The van der Waals surface area contributed by atoms with Crippen LogP contribution < -0.4 is 0 Å². The topological polar surface area (TPSA) is 50.2 Å². The fraction of sp³-hybridized carbons (Fsp3) is 0.238. The highest BCUT2D eigenvalue weighted by Gasteiger charge is 2.30. The third-order valence-electron chi connectivity index (χ3n) is 4.53. The Labute approximate surface area is 156 Å². The number of aromatic nitrogens is 1. The van der Waals surface area contributed by atoms with Crippen LogP contribution in [0.5, 0.6) is 0 Å². The number of hydrogen-bond acceptors (Lipinski definition) is 3. The first-order valence-electron chi connectivity index (χ1n) is 8.34. The van der Waals surface area contributed by atoms with Crippen molar-refractivity contribution < 1.29 is 14.3 Å². The van der Waals surface area contributed by atoms with Crippen LogP contribution in [0.3, 0.4) is 0 Å². The van der Waals surface area contributed by atoms with Crippen LogP contribution in [0.1, 0.15) is 37.8 Å². The molecule has 0 bridgehead atoms. The Morgan fingerprint density at radius 3 is 2.50 bits per heavy atom. The van der Waals surface area contributed by atoms with Crippen LogP contribution in [0.25, 0.3) is 10.8 Å². The average molecular weight is 369 g/mol. The van der Waals surface area contributed by atoms with Gasteiger partial charge in [-0.2, -0.15) is 0 Å². The number of aliphatic carboxylic acids is 1. The molecule has 0 fully saturated rings. The summed E-state index contributed by atoms with van der Waals surface area (Å²) >= 11 is 1.30. The summed E-state index contributed by atoms with van der Waals surface area (Å²) in [4.78, 5) is 16.6. The first-order chi connectivity index (χ1) is 12.3. The van der Waals surface area contributed by atoms with E-state index in [-0.39, 0.29) is 11.7 Å². The first kappa shape index (κ1) is 18.4. The van der Waals surface area contributed by atoms with E-state index in [0.717, 1.165) is 21.4 Å². The smallest absolute Gasteiger partial charge is 0.319 e. The van der Waals surface area contributed by atoms with Crippen molar-refractivity contribution in [3.63, 3.8) is 0 Å². The van der Waals surface area contributed by atoms with E-state index in [1.807, 2.05) is 31.2 Å². The number of carboxylic acid groups (broad SMARTS) is 1. The number of carboxylic acids is 1. The van der Waals surface area contributed by atoms with Crippen LogP contribution in [0, 0.1) is 5.82 Å². The van der Waals surface area contributed by atoms with Crippen molar-refractivity contribution in [2.75, 3.05) is 0 Å². The number of benzene rings is 2. The largest absolute Gasteiger partial charge is 0.480 e. The molecule has 1 unspecified atom stereocenters. The molecule has 1 aromatic heterocycles. The molecule has 134 valence electrons. The second kappa shape index (κ2) is 7.08. The van der Waals surface area contributed by atoms with Crippen LogP contribution in [-0.4, -0.2) is 20.8 Å². The van der Waals surface area contributed by atoms with E-state index in [2.05, 4.69) is 4.98 Å². The Hall–Kier alpha value is -2.40. The number of fused-ring (bicyclic) bond motifs is 1. The third kappa shape index (κ3) is 3.44. The minimum atomic E-state index is -0.958. The minimum Gasteiger partial charge on any atom is -0.480 e. The molecular formula is C21H20FNO2S. The molecular weight excluding hydrogens is 349 g/mol. The number of nitrogens with zero attached hydrogens (tertiary/aromatic N) is 1. The fourth-order valence-corrected chi connectivity index (χ4v) is 4.07. The zero-order valence-electron chi connectivity index (χ0n) is 14.9. The van der Waals surface area contributed by atoms with E-state index in [1.54, 1.807) is 38.4 Å². The van der Waals surface area contributed by atoms with Gasteiger partial charge in [-0.1, -0.05) is 37.3 Å². The highest BCUT2D eigenvalue weighted by Crippen LogP contribution is 2.40. The van der Waals surface area contributed by atoms with Crippen LogP contribution >= 0.6 is 11.8 Å². The molecule has 0 aliphatic carbocycles. The normalized spacial score (nSPS) is 12.9. The minimum absolute atomic E-state index is 0.0544. The molecule has 0 aliphatic rings. The summed E-state index contributed by atoms with van der Waals surface area (Å²) in [7, 11) is 0. The molecule has 1 atom stereocenters. The van der Waals surface area contributed by atoms with Crippen molar-refractivity contribution in [2.24, 2.45) is 0 Å². The number of thioether (sulfide) groups is 1. The predicted octanol–water partition coefficient (Wildman–Crippen LogP) is 5.48. The maximum atomic E-state index is 14.1. The van der Waals surface area contributed by atoms with Gasteiger partial charge in [0, 0.05) is 28.6 Å². The molecule has 1 N–H and O–H groups in total. The standard InChI is InChI=1S/C21H20FNO2S/c1-13(14-8-9-18(22)16-7-5-4-6-15(14)16)17-12-23-11-10-19(17)26-21(2,3)20(24)25/h4-13H,1-3H3,(H,24,25). The fourth-order valence-electron chi connectivity index (χ4n) is 2.96. The van der Waals surface area contributed by atoms with Gasteiger partial charge >= 0.3 is 5.97 Å². The van der Waals surface area contributed by atoms with E-state index in [0.29, 0.717) is 5.39 Å². The van der Waals surface area contributed by atoms with Gasteiger partial charge < -0.3 is 5.11 Å².